The molecule has 0 saturated heterocycles. The SMILES string of the molecule is CC1(C)c2ccccc2-c2ccc(-c3ccc4c(c3)c3cc(-c5ccc6c(c5)c5cc(-c7ccc8c(c7)C(C)(C)c7ccccc7-8)ccc5n6-c5ccccc5)ccc3n4-c3ccccc3)cc21. The molecule has 0 bridgehead atoms. The third-order valence-corrected chi connectivity index (χ3v) is 15.7. The molecule has 2 nitrogen and oxygen atoms in total. The topological polar surface area (TPSA) is 9.86 Å². The van der Waals surface area contributed by atoms with Gasteiger partial charge in [-0.1, -0.05) is 161 Å². The van der Waals surface area contributed by atoms with Crippen molar-refractivity contribution in [2.45, 2.75) is 38.5 Å². The number of hydrogen-bond donors (Lipinski definition) is 0. The van der Waals surface area contributed by atoms with Crippen molar-refractivity contribution in [2.75, 3.05) is 0 Å². The molecule has 0 saturated carbocycles. The summed E-state index contributed by atoms with van der Waals surface area (Å²) in [5, 5.41) is 4.98. The Morgan fingerprint density at radius 1 is 0.250 bits per heavy atom. The van der Waals surface area contributed by atoms with E-state index in [0.717, 1.165) is 11.4 Å². The highest BCUT2D eigenvalue weighted by atomic mass is 15.0. The molecule has 10 aromatic carbocycles. The lowest BCUT2D eigenvalue weighted by Gasteiger charge is -2.22. The van der Waals surface area contributed by atoms with Gasteiger partial charge in [-0.15, -0.1) is 0 Å². The fraction of sp³-hybridized carbons (Fsp3) is 0.0909. The van der Waals surface area contributed by atoms with Crippen LogP contribution in [0.2, 0.25) is 0 Å². The molecule has 2 heteroatoms. The minimum atomic E-state index is -0.0632. The first-order valence-electron chi connectivity index (χ1n) is 24.0. The van der Waals surface area contributed by atoms with E-state index >= 15 is 0 Å². The minimum Gasteiger partial charge on any atom is -0.309 e. The van der Waals surface area contributed by atoms with Crippen molar-refractivity contribution >= 4 is 43.6 Å². The maximum atomic E-state index is 2.44. The molecule has 322 valence electrons. The lowest BCUT2D eigenvalue weighted by Crippen LogP contribution is -2.14. The normalized spacial score (nSPS) is 14.1. The Morgan fingerprint density at radius 2 is 0.529 bits per heavy atom. The maximum absolute atomic E-state index is 2.44. The van der Waals surface area contributed by atoms with Crippen LogP contribution < -0.4 is 0 Å². The summed E-state index contributed by atoms with van der Waals surface area (Å²) in [5.74, 6) is 0. The summed E-state index contributed by atoms with van der Waals surface area (Å²) >= 11 is 0. The maximum Gasteiger partial charge on any atom is 0.0541 e. The molecular formula is C66H48N2. The van der Waals surface area contributed by atoms with Crippen molar-refractivity contribution in [3.8, 4) is 67.0 Å². The molecule has 14 rings (SSSR count). The van der Waals surface area contributed by atoms with Gasteiger partial charge >= 0.3 is 0 Å². The summed E-state index contributed by atoms with van der Waals surface area (Å²) in [6.45, 7) is 9.46. The smallest absolute Gasteiger partial charge is 0.0541 e. The van der Waals surface area contributed by atoms with Gasteiger partial charge in [0, 0.05) is 43.7 Å². The second-order valence-corrected chi connectivity index (χ2v) is 20.1. The van der Waals surface area contributed by atoms with Crippen LogP contribution >= 0.6 is 0 Å². The van der Waals surface area contributed by atoms with Gasteiger partial charge in [0.2, 0.25) is 0 Å². The van der Waals surface area contributed by atoms with Crippen LogP contribution in [0.1, 0.15) is 49.9 Å². The fourth-order valence-electron chi connectivity index (χ4n) is 12.2. The van der Waals surface area contributed by atoms with Crippen molar-refractivity contribution in [1.82, 2.24) is 9.13 Å². The summed E-state index contributed by atoms with van der Waals surface area (Å²) in [4.78, 5) is 0. The average Bonchev–Trinajstić information content (AvgIpc) is 4.04. The number of para-hydroxylation sites is 2. The van der Waals surface area contributed by atoms with Gasteiger partial charge in [0.05, 0.1) is 22.1 Å². The van der Waals surface area contributed by atoms with Gasteiger partial charge in [-0.2, -0.15) is 0 Å². The second-order valence-electron chi connectivity index (χ2n) is 20.1. The van der Waals surface area contributed by atoms with Gasteiger partial charge in [0.15, 0.2) is 0 Å². The van der Waals surface area contributed by atoms with Crippen molar-refractivity contribution in [2.24, 2.45) is 0 Å². The highest BCUT2D eigenvalue weighted by Gasteiger charge is 2.36. The van der Waals surface area contributed by atoms with E-state index in [4.69, 9.17) is 0 Å². The van der Waals surface area contributed by atoms with Gasteiger partial charge in [-0.05, 0) is 163 Å². The zero-order valence-corrected chi connectivity index (χ0v) is 38.7. The van der Waals surface area contributed by atoms with Crippen LogP contribution in [-0.4, -0.2) is 9.13 Å². The highest BCUT2D eigenvalue weighted by molar-refractivity contribution is 6.14. The highest BCUT2D eigenvalue weighted by Crippen LogP contribution is 2.51. The van der Waals surface area contributed by atoms with Crippen LogP contribution in [0.15, 0.2) is 218 Å². The summed E-state index contributed by atoms with van der Waals surface area (Å²) < 4.78 is 4.86. The molecule has 2 aliphatic rings. The Morgan fingerprint density at radius 3 is 0.882 bits per heavy atom. The predicted octanol–water partition coefficient (Wildman–Crippen LogP) is 17.5. The van der Waals surface area contributed by atoms with Gasteiger partial charge < -0.3 is 9.13 Å². The number of benzene rings is 10. The van der Waals surface area contributed by atoms with E-state index in [1.54, 1.807) is 0 Å². The van der Waals surface area contributed by atoms with E-state index in [2.05, 4.69) is 255 Å². The molecule has 0 atom stereocenters. The molecule has 0 unspecified atom stereocenters. The summed E-state index contributed by atoms with van der Waals surface area (Å²) in [6.07, 6.45) is 0. The first-order valence-corrected chi connectivity index (χ1v) is 24.0. The monoisotopic (exact) mass is 868 g/mol. The van der Waals surface area contributed by atoms with Crippen LogP contribution in [-0.2, 0) is 10.8 Å². The number of fused-ring (bicyclic) bond motifs is 12. The molecule has 2 aromatic heterocycles. The lowest BCUT2D eigenvalue weighted by molar-refractivity contribution is 0.660. The van der Waals surface area contributed by atoms with Crippen molar-refractivity contribution in [3.63, 3.8) is 0 Å². The van der Waals surface area contributed by atoms with Crippen molar-refractivity contribution in [1.29, 1.82) is 0 Å². The first kappa shape index (κ1) is 39.0. The molecule has 68 heavy (non-hydrogen) atoms. The van der Waals surface area contributed by atoms with Crippen LogP contribution in [0.3, 0.4) is 0 Å². The molecule has 2 heterocycles. The van der Waals surface area contributed by atoms with Crippen LogP contribution in [0.4, 0.5) is 0 Å². The van der Waals surface area contributed by atoms with E-state index in [1.165, 1.54) is 122 Å². The van der Waals surface area contributed by atoms with E-state index in [-0.39, 0.29) is 10.8 Å². The van der Waals surface area contributed by atoms with Crippen LogP contribution in [0.25, 0.3) is 111 Å². The van der Waals surface area contributed by atoms with Gasteiger partial charge in [0.1, 0.15) is 0 Å². The zero-order chi connectivity index (χ0) is 45.5. The Balaban J connectivity index is 0.934. The number of aromatic nitrogens is 2. The number of rotatable bonds is 5. The Kier molecular flexibility index (Phi) is 8.12. The number of nitrogens with zero attached hydrogens (tertiary/aromatic N) is 2. The lowest BCUT2D eigenvalue weighted by atomic mass is 9.81. The fourth-order valence-corrected chi connectivity index (χ4v) is 12.2. The Labute approximate surface area is 397 Å². The zero-order valence-electron chi connectivity index (χ0n) is 38.7. The van der Waals surface area contributed by atoms with Crippen LogP contribution in [0, 0.1) is 0 Å². The van der Waals surface area contributed by atoms with Gasteiger partial charge in [-0.25, -0.2) is 0 Å². The quantitative estimate of drug-likeness (QED) is 0.163. The summed E-state index contributed by atoms with van der Waals surface area (Å²) in [7, 11) is 0. The Hall–Kier alpha value is -8.20. The molecule has 12 aromatic rings. The van der Waals surface area contributed by atoms with Crippen molar-refractivity contribution in [3.05, 3.63) is 241 Å². The molecule has 0 amide bonds. The van der Waals surface area contributed by atoms with Crippen molar-refractivity contribution < 1.29 is 0 Å². The van der Waals surface area contributed by atoms with Gasteiger partial charge in [-0.3, -0.25) is 0 Å². The van der Waals surface area contributed by atoms with E-state index in [9.17, 15) is 0 Å². The van der Waals surface area contributed by atoms with Gasteiger partial charge in [0.25, 0.3) is 0 Å². The van der Waals surface area contributed by atoms with E-state index < -0.39 is 0 Å². The molecular weight excluding hydrogens is 821 g/mol. The summed E-state index contributed by atoms with van der Waals surface area (Å²) in [5.41, 5.74) is 25.3. The number of hydrogen-bond acceptors (Lipinski definition) is 0. The summed E-state index contributed by atoms with van der Waals surface area (Å²) in [6, 6.07) is 81.9. The molecule has 2 aliphatic carbocycles. The molecule has 0 fully saturated rings. The third-order valence-electron chi connectivity index (χ3n) is 15.7. The largest absolute Gasteiger partial charge is 0.309 e. The minimum absolute atomic E-state index is 0.0632. The molecule has 0 N–H and O–H groups in total. The van der Waals surface area contributed by atoms with E-state index in [1.807, 2.05) is 0 Å². The first-order chi connectivity index (χ1) is 33.2. The average molecular weight is 869 g/mol. The molecule has 0 radical (unpaired) electrons. The molecule has 0 aliphatic heterocycles. The van der Waals surface area contributed by atoms with Crippen LogP contribution in [0.5, 0.6) is 0 Å². The van der Waals surface area contributed by atoms with E-state index in [0.29, 0.717) is 0 Å². The second kappa shape index (κ2) is 14.2. The Bertz CT molecular complexity index is 3800. The molecule has 0 spiro atoms. The predicted molar refractivity (Wildman–Crippen MR) is 287 cm³/mol. The standard InChI is InChI=1S/C66H48N2/c1-65(2)57-21-13-11-19-49(57)51-29-23-45(39-59(51)65)43-27-33-63-55(37-43)53-35-41(25-31-61(53)67(63)47-15-7-5-8-16-47)42-26-32-62-54(36-42)56-38-44(28-34-64(56)68(62)48-17-9-6-10-18-48)46-24-30-52-50-20-12-14-22-58(50)66(3,4)60(52)40-46/h5-40H,1-4H3. The third kappa shape index (κ3) is 5.52.